The van der Waals surface area contributed by atoms with Crippen molar-refractivity contribution < 1.29 is 14.6 Å². The standard InChI is InChI=1S/C30H61NO3/c1-34-29-30(33)28-31-26-24-22-20-18-16-14-12-10-8-6-4-2-3-5-7-9-11-13-15-17-19-21-23-25-27-32/h27,30-31,33H,2-26,28-29H2,1H3. The second-order valence-corrected chi connectivity index (χ2v) is 10.4. The zero-order valence-electron chi connectivity index (χ0n) is 23.0. The summed E-state index contributed by atoms with van der Waals surface area (Å²) in [4.78, 5) is 10.3. The van der Waals surface area contributed by atoms with Gasteiger partial charge < -0.3 is 20.0 Å². The van der Waals surface area contributed by atoms with Crippen LogP contribution in [0, 0.1) is 0 Å². The van der Waals surface area contributed by atoms with Gasteiger partial charge in [-0.25, -0.2) is 0 Å². The fourth-order valence-corrected chi connectivity index (χ4v) is 4.71. The number of nitrogens with one attached hydrogen (secondary N) is 1. The van der Waals surface area contributed by atoms with Gasteiger partial charge in [-0.05, 0) is 19.4 Å². The minimum absolute atomic E-state index is 0.377. The van der Waals surface area contributed by atoms with Crippen LogP contribution in [-0.2, 0) is 9.53 Å². The fraction of sp³-hybridized carbons (Fsp3) is 0.967. The van der Waals surface area contributed by atoms with Crippen molar-refractivity contribution >= 4 is 6.29 Å². The molecule has 0 aliphatic rings. The SMILES string of the molecule is COCC(O)CNCCCCCCCCCCCCCCCCCCCCCCCCCC=O. The van der Waals surface area contributed by atoms with Crippen molar-refractivity contribution in [2.24, 2.45) is 0 Å². The lowest BCUT2D eigenvalue weighted by molar-refractivity contribution is -0.107. The number of carbonyl (C=O) groups is 1. The third kappa shape index (κ3) is 29.6. The Morgan fingerprint density at radius 2 is 0.912 bits per heavy atom. The van der Waals surface area contributed by atoms with E-state index in [0.29, 0.717) is 13.2 Å². The van der Waals surface area contributed by atoms with E-state index in [4.69, 9.17) is 4.74 Å². The summed E-state index contributed by atoms with van der Waals surface area (Å²) in [6, 6.07) is 0. The van der Waals surface area contributed by atoms with Crippen molar-refractivity contribution in [2.75, 3.05) is 26.8 Å². The molecule has 0 radical (unpaired) electrons. The van der Waals surface area contributed by atoms with Crippen molar-refractivity contribution in [3.05, 3.63) is 0 Å². The van der Waals surface area contributed by atoms with Crippen molar-refractivity contribution in [1.82, 2.24) is 5.32 Å². The molecular weight excluding hydrogens is 422 g/mol. The molecule has 1 atom stereocenters. The van der Waals surface area contributed by atoms with Gasteiger partial charge in [0.15, 0.2) is 0 Å². The molecule has 4 nitrogen and oxygen atoms in total. The quantitative estimate of drug-likeness (QED) is 0.0799. The van der Waals surface area contributed by atoms with Gasteiger partial charge in [0.1, 0.15) is 6.29 Å². The molecule has 0 aromatic carbocycles. The molecule has 0 amide bonds. The van der Waals surface area contributed by atoms with Crippen LogP contribution in [0.4, 0.5) is 0 Å². The third-order valence-electron chi connectivity index (χ3n) is 6.91. The second-order valence-electron chi connectivity index (χ2n) is 10.4. The molecule has 0 bridgehead atoms. The average molecular weight is 484 g/mol. The number of hydrogen-bond acceptors (Lipinski definition) is 4. The van der Waals surface area contributed by atoms with E-state index >= 15 is 0 Å². The Morgan fingerprint density at radius 1 is 0.588 bits per heavy atom. The van der Waals surface area contributed by atoms with Crippen LogP contribution in [-0.4, -0.2) is 44.3 Å². The normalized spacial score (nSPS) is 12.3. The number of unbranched alkanes of at least 4 members (excludes halogenated alkanes) is 23. The lowest BCUT2D eigenvalue weighted by atomic mass is 10.0. The first-order valence-electron chi connectivity index (χ1n) is 15.1. The van der Waals surface area contributed by atoms with E-state index in [2.05, 4.69) is 5.32 Å². The number of aliphatic hydroxyl groups excluding tert-OH is 1. The largest absolute Gasteiger partial charge is 0.389 e. The first-order valence-corrected chi connectivity index (χ1v) is 15.1. The average Bonchev–Trinajstić information content (AvgIpc) is 2.83. The smallest absolute Gasteiger partial charge is 0.119 e. The van der Waals surface area contributed by atoms with Crippen LogP contribution in [0.2, 0.25) is 0 Å². The molecule has 0 aromatic heterocycles. The predicted octanol–water partition coefficient (Wildman–Crippen LogP) is 8.14. The molecule has 0 saturated carbocycles. The molecule has 0 saturated heterocycles. The third-order valence-corrected chi connectivity index (χ3v) is 6.91. The molecule has 0 heterocycles. The molecule has 204 valence electrons. The van der Waals surface area contributed by atoms with E-state index < -0.39 is 0 Å². The van der Waals surface area contributed by atoms with Gasteiger partial charge in [0.05, 0.1) is 12.7 Å². The topological polar surface area (TPSA) is 58.6 Å². The van der Waals surface area contributed by atoms with Gasteiger partial charge in [0.2, 0.25) is 0 Å². The van der Waals surface area contributed by atoms with Crippen molar-refractivity contribution in [3.8, 4) is 0 Å². The monoisotopic (exact) mass is 483 g/mol. The first kappa shape index (κ1) is 33.5. The van der Waals surface area contributed by atoms with Crippen LogP contribution in [0.1, 0.15) is 154 Å². The fourth-order valence-electron chi connectivity index (χ4n) is 4.71. The Kier molecular flexibility index (Phi) is 30.2. The number of aliphatic hydroxyl groups is 1. The van der Waals surface area contributed by atoms with Gasteiger partial charge in [-0.1, -0.05) is 135 Å². The number of carbonyl (C=O) groups excluding carboxylic acids is 1. The highest BCUT2D eigenvalue weighted by Crippen LogP contribution is 2.15. The first-order chi connectivity index (χ1) is 16.8. The Morgan fingerprint density at radius 3 is 1.24 bits per heavy atom. The minimum Gasteiger partial charge on any atom is -0.389 e. The predicted molar refractivity (Wildman–Crippen MR) is 148 cm³/mol. The van der Waals surface area contributed by atoms with E-state index in [0.717, 1.165) is 25.7 Å². The van der Waals surface area contributed by atoms with E-state index in [9.17, 15) is 9.90 Å². The summed E-state index contributed by atoms with van der Waals surface area (Å²) in [6.07, 6.45) is 33.1. The van der Waals surface area contributed by atoms with E-state index in [1.807, 2.05) is 0 Å². The van der Waals surface area contributed by atoms with Crippen molar-refractivity contribution in [3.63, 3.8) is 0 Å². The zero-order chi connectivity index (χ0) is 24.8. The molecule has 4 heteroatoms. The number of rotatable bonds is 30. The summed E-state index contributed by atoms with van der Waals surface area (Å²) in [7, 11) is 1.62. The Labute approximate surface area is 213 Å². The molecule has 2 N–H and O–H groups in total. The summed E-state index contributed by atoms with van der Waals surface area (Å²) in [5.41, 5.74) is 0. The molecule has 0 fully saturated rings. The number of aldehydes is 1. The molecule has 34 heavy (non-hydrogen) atoms. The van der Waals surface area contributed by atoms with Crippen LogP contribution in [0.15, 0.2) is 0 Å². The highest BCUT2D eigenvalue weighted by molar-refractivity contribution is 5.48. The van der Waals surface area contributed by atoms with Gasteiger partial charge in [0.25, 0.3) is 0 Å². The van der Waals surface area contributed by atoms with Gasteiger partial charge in [-0.2, -0.15) is 0 Å². The van der Waals surface area contributed by atoms with Gasteiger partial charge >= 0.3 is 0 Å². The van der Waals surface area contributed by atoms with E-state index in [-0.39, 0.29) is 6.10 Å². The highest BCUT2D eigenvalue weighted by atomic mass is 16.5. The highest BCUT2D eigenvalue weighted by Gasteiger charge is 2.01. The van der Waals surface area contributed by atoms with Crippen LogP contribution >= 0.6 is 0 Å². The molecule has 0 aromatic rings. The second kappa shape index (κ2) is 30.6. The maximum absolute atomic E-state index is 10.3. The molecule has 0 rings (SSSR count). The Hall–Kier alpha value is -0.450. The maximum atomic E-state index is 10.3. The van der Waals surface area contributed by atoms with E-state index in [1.54, 1.807) is 7.11 Å². The number of hydrogen-bond donors (Lipinski definition) is 2. The zero-order valence-corrected chi connectivity index (χ0v) is 23.0. The van der Waals surface area contributed by atoms with Crippen LogP contribution < -0.4 is 5.32 Å². The molecule has 0 aliphatic carbocycles. The van der Waals surface area contributed by atoms with Gasteiger partial charge in [-0.15, -0.1) is 0 Å². The number of methoxy groups -OCH3 is 1. The lowest BCUT2D eigenvalue weighted by Crippen LogP contribution is -2.30. The maximum Gasteiger partial charge on any atom is 0.119 e. The van der Waals surface area contributed by atoms with Crippen molar-refractivity contribution in [1.29, 1.82) is 0 Å². The molecule has 0 spiro atoms. The summed E-state index contributed by atoms with van der Waals surface area (Å²) in [5, 5.41) is 12.8. The van der Waals surface area contributed by atoms with Gasteiger partial charge in [-0.3, -0.25) is 0 Å². The van der Waals surface area contributed by atoms with Crippen LogP contribution in [0.3, 0.4) is 0 Å². The summed E-state index contributed by atoms with van der Waals surface area (Å²) >= 11 is 0. The molecule has 0 aliphatic heterocycles. The van der Waals surface area contributed by atoms with Crippen molar-refractivity contribution in [2.45, 2.75) is 160 Å². The Bertz CT molecular complexity index is 378. The summed E-state index contributed by atoms with van der Waals surface area (Å²) in [6.45, 7) is 2.06. The van der Waals surface area contributed by atoms with Gasteiger partial charge in [0, 0.05) is 20.1 Å². The molecular formula is C30H61NO3. The summed E-state index contributed by atoms with van der Waals surface area (Å²) < 4.78 is 4.92. The minimum atomic E-state index is -0.377. The Balaban J connectivity index is 3.03. The summed E-state index contributed by atoms with van der Waals surface area (Å²) in [5.74, 6) is 0. The molecule has 1 unspecified atom stereocenters. The van der Waals surface area contributed by atoms with Crippen LogP contribution in [0.25, 0.3) is 0 Å². The van der Waals surface area contributed by atoms with E-state index in [1.165, 1.54) is 141 Å². The van der Waals surface area contributed by atoms with Crippen LogP contribution in [0.5, 0.6) is 0 Å². The number of ether oxygens (including phenoxy) is 1. The lowest BCUT2D eigenvalue weighted by Gasteiger charge is -2.10.